The van der Waals surface area contributed by atoms with Gasteiger partial charge in [0.2, 0.25) is 0 Å². The first-order chi connectivity index (χ1) is 19.0. The minimum absolute atomic E-state index is 0.0366. The van der Waals surface area contributed by atoms with Gasteiger partial charge in [-0.05, 0) is 59.6 Å². The van der Waals surface area contributed by atoms with Gasteiger partial charge in [0.05, 0.1) is 12.6 Å². The number of benzene rings is 1. The zero-order chi connectivity index (χ0) is 31.1. The molecule has 2 rings (SSSR count). The highest BCUT2D eigenvalue weighted by atomic mass is 28.4. The number of carbonyl (C=O) groups excluding carboxylic acids is 2. The van der Waals surface area contributed by atoms with Crippen LogP contribution in [0.5, 0.6) is 0 Å². The normalized spacial score (nSPS) is 20.2. The predicted molar refractivity (Wildman–Crippen MR) is 174 cm³/mol. The van der Waals surface area contributed by atoms with Crippen LogP contribution in [0, 0.1) is 0 Å². The summed E-state index contributed by atoms with van der Waals surface area (Å²) < 4.78 is 19.2. The van der Waals surface area contributed by atoms with Crippen LogP contribution in [-0.4, -0.2) is 58.7 Å². The Morgan fingerprint density at radius 2 is 1.61 bits per heavy atom. The van der Waals surface area contributed by atoms with Crippen LogP contribution in [0.4, 0.5) is 4.79 Å². The number of amides is 1. The third-order valence-corrected chi connectivity index (χ3v) is 20.1. The first-order valence-corrected chi connectivity index (χ1v) is 20.5. The highest BCUT2D eigenvalue weighted by Gasteiger charge is 2.47. The topological polar surface area (TPSA) is 65.1 Å². The number of hydrogen-bond donors (Lipinski definition) is 0. The molecule has 0 spiro atoms. The van der Waals surface area contributed by atoms with Crippen molar-refractivity contribution in [3.63, 3.8) is 0 Å². The summed E-state index contributed by atoms with van der Waals surface area (Å²) in [4.78, 5) is 28.4. The SMILES string of the molecule is CC(C)[Si](OCCC[C@@]1(C=O)C=CC[C@H](CO[Si](C)(C)C(C)(C)C)N1C(=O)OCc1ccccc1)(C(C)C)C(C)C. The van der Waals surface area contributed by atoms with Gasteiger partial charge < -0.3 is 18.4 Å². The van der Waals surface area contributed by atoms with Gasteiger partial charge >= 0.3 is 6.09 Å². The number of rotatable bonds is 14. The van der Waals surface area contributed by atoms with E-state index in [0.29, 0.717) is 49.1 Å². The molecule has 0 unspecified atom stereocenters. The standard InChI is InChI=1S/C33H57NO5Si2/c1-26(2)41(27(3)4,28(5)6)38-22-16-21-33(25-35)20-15-19-30(24-39-40(10,11)32(7,8)9)34(33)31(36)37-23-29-17-13-12-14-18-29/h12-15,17-18,20,25-28,30H,16,19,21-24H2,1-11H3/t30-,33-/m1/s1. The smallest absolute Gasteiger partial charge is 0.411 e. The molecule has 1 amide bonds. The van der Waals surface area contributed by atoms with Crippen molar-refractivity contribution in [1.29, 1.82) is 0 Å². The van der Waals surface area contributed by atoms with Crippen LogP contribution in [0.1, 0.15) is 87.1 Å². The van der Waals surface area contributed by atoms with Gasteiger partial charge in [0.25, 0.3) is 0 Å². The maximum atomic E-state index is 13.8. The molecule has 1 aromatic carbocycles. The molecule has 0 fully saturated rings. The van der Waals surface area contributed by atoms with E-state index >= 15 is 0 Å². The summed E-state index contributed by atoms with van der Waals surface area (Å²) in [5.74, 6) is 0. The van der Waals surface area contributed by atoms with Crippen LogP contribution >= 0.6 is 0 Å². The van der Waals surface area contributed by atoms with Gasteiger partial charge in [0.1, 0.15) is 18.4 Å². The fraction of sp³-hybridized carbons (Fsp3) is 0.697. The number of nitrogens with zero attached hydrogens (tertiary/aromatic N) is 1. The largest absolute Gasteiger partial charge is 0.445 e. The number of hydrogen-bond acceptors (Lipinski definition) is 5. The van der Waals surface area contributed by atoms with Crippen molar-refractivity contribution >= 4 is 29.0 Å². The van der Waals surface area contributed by atoms with Crippen molar-refractivity contribution in [1.82, 2.24) is 4.90 Å². The van der Waals surface area contributed by atoms with Gasteiger partial charge in [-0.3, -0.25) is 4.90 Å². The number of carbonyl (C=O) groups is 2. The molecule has 0 radical (unpaired) electrons. The lowest BCUT2D eigenvalue weighted by Crippen LogP contribution is -2.60. The van der Waals surface area contributed by atoms with Crippen LogP contribution in [0.15, 0.2) is 42.5 Å². The summed E-state index contributed by atoms with van der Waals surface area (Å²) in [5, 5.41) is 0.0366. The van der Waals surface area contributed by atoms with E-state index in [2.05, 4.69) is 75.4 Å². The van der Waals surface area contributed by atoms with E-state index in [1.54, 1.807) is 4.90 Å². The summed E-state index contributed by atoms with van der Waals surface area (Å²) >= 11 is 0. The molecule has 8 heteroatoms. The molecule has 0 bridgehead atoms. The summed E-state index contributed by atoms with van der Waals surface area (Å²) in [6, 6.07) is 9.35. The monoisotopic (exact) mass is 603 g/mol. The van der Waals surface area contributed by atoms with E-state index < -0.39 is 28.3 Å². The first kappa shape index (κ1) is 35.5. The molecule has 1 aliphatic heterocycles. The molecule has 0 N–H and O–H groups in total. The van der Waals surface area contributed by atoms with Gasteiger partial charge in [-0.25, -0.2) is 4.79 Å². The molecule has 0 saturated heterocycles. The van der Waals surface area contributed by atoms with E-state index in [0.717, 1.165) is 11.8 Å². The molecule has 6 nitrogen and oxygen atoms in total. The zero-order valence-electron chi connectivity index (χ0n) is 27.7. The van der Waals surface area contributed by atoms with Gasteiger partial charge in [0.15, 0.2) is 16.6 Å². The average Bonchev–Trinajstić information content (AvgIpc) is 2.89. The van der Waals surface area contributed by atoms with Gasteiger partial charge in [-0.15, -0.1) is 0 Å². The Hall–Kier alpha value is -1.75. The van der Waals surface area contributed by atoms with Gasteiger partial charge in [0, 0.05) is 6.61 Å². The molecule has 1 heterocycles. The van der Waals surface area contributed by atoms with Crippen LogP contribution in [0.2, 0.25) is 34.8 Å². The van der Waals surface area contributed by atoms with E-state index in [4.69, 9.17) is 13.6 Å². The Bertz CT molecular complexity index is 981. The molecule has 0 aromatic heterocycles. The summed E-state index contributed by atoms with van der Waals surface area (Å²) in [7, 11) is -4.10. The van der Waals surface area contributed by atoms with Crippen LogP contribution in [-0.2, 0) is 25.0 Å². The van der Waals surface area contributed by atoms with Crippen LogP contribution < -0.4 is 0 Å². The lowest BCUT2D eigenvalue weighted by atomic mass is 9.87. The molecule has 232 valence electrons. The molecule has 1 aliphatic rings. The maximum Gasteiger partial charge on any atom is 0.411 e. The third-order valence-electron chi connectivity index (χ3n) is 9.46. The molecular formula is C33H57NO5Si2. The Morgan fingerprint density at radius 1 is 1.02 bits per heavy atom. The Morgan fingerprint density at radius 3 is 2.12 bits per heavy atom. The van der Waals surface area contributed by atoms with Crippen molar-refractivity contribution in [2.45, 2.75) is 135 Å². The molecule has 0 aliphatic carbocycles. The van der Waals surface area contributed by atoms with E-state index in [9.17, 15) is 9.59 Å². The summed E-state index contributed by atoms with van der Waals surface area (Å²) in [6.07, 6.45) is 6.13. The van der Waals surface area contributed by atoms with Crippen LogP contribution in [0.3, 0.4) is 0 Å². The predicted octanol–water partition coefficient (Wildman–Crippen LogP) is 8.89. The van der Waals surface area contributed by atoms with Crippen molar-refractivity contribution in [3.05, 3.63) is 48.0 Å². The fourth-order valence-electron chi connectivity index (χ4n) is 6.19. The highest BCUT2D eigenvalue weighted by Crippen LogP contribution is 2.43. The highest BCUT2D eigenvalue weighted by molar-refractivity contribution is 6.77. The van der Waals surface area contributed by atoms with Crippen molar-refractivity contribution in [2.24, 2.45) is 0 Å². The number of aldehydes is 1. The minimum atomic E-state index is -2.07. The van der Waals surface area contributed by atoms with E-state index in [1.807, 2.05) is 42.5 Å². The molecular weight excluding hydrogens is 547 g/mol. The Kier molecular flexibility index (Phi) is 12.6. The Labute approximate surface area is 252 Å². The second-order valence-electron chi connectivity index (χ2n) is 14.2. The number of ether oxygens (including phenoxy) is 1. The lowest BCUT2D eigenvalue weighted by molar-refractivity contribution is -0.118. The molecule has 1 aromatic rings. The summed E-state index contributed by atoms with van der Waals surface area (Å²) in [5.41, 5.74) is 1.26. The van der Waals surface area contributed by atoms with Crippen LogP contribution in [0.25, 0.3) is 0 Å². The fourth-order valence-corrected chi connectivity index (χ4v) is 12.7. The average molecular weight is 604 g/mol. The van der Waals surface area contributed by atoms with Crippen molar-refractivity contribution in [3.8, 4) is 0 Å². The summed E-state index contributed by atoms with van der Waals surface area (Å²) in [6.45, 7) is 25.8. The van der Waals surface area contributed by atoms with Gasteiger partial charge in [-0.1, -0.05) is 105 Å². The third kappa shape index (κ3) is 8.42. The quantitative estimate of drug-likeness (QED) is 0.0919. The zero-order valence-corrected chi connectivity index (χ0v) is 29.7. The maximum absolute atomic E-state index is 13.8. The minimum Gasteiger partial charge on any atom is -0.445 e. The van der Waals surface area contributed by atoms with E-state index in [1.165, 1.54) is 0 Å². The Balaban J connectivity index is 2.30. The van der Waals surface area contributed by atoms with Gasteiger partial charge in [-0.2, -0.15) is 0 Å². The van der Waals surface area contributed by atoms with E-state index in [-0.39, 0.29) is 17.7 Å². The lowest BCUT2D eigenvalue weighted by Gasteiger charge is -2.46. The molecule has 41 heavy (non-hydrogen) atoms. The molecule has 0 saturated carbocycles. The first-order valence-electron chi connectivity index (χ1n) is 15.5. The molecule has 2 atom stereocenters. The van der Waals surface area contributed by atoms with Crippen molar-refractivity contribution < 1.29 is 23.2 Å². The van der Waals surface area contributed by atoms with Crippen molar-refractivity contribution in [2.75, 3.05) is 13.2 Å². The second kappa shape index (κ2) is 14.6. The second-order valence-corrected chi connectivity index (χ2v) is 24.4.